The molecule has 3 saturated carbocycles. The molecule has 6 unspecified atom stereocenters. The summed E-state index contributed by atoms with van der Waals surface area (Å²) in [5.74, 6) is 7.30. The lowest BCUT2D eigenvalue weighted by Gasteiger charge is -2.36. The van der Waals surface area contributed by atoms with Gasteiger partial charge >= 0.3 is 5.24 Å². The third-order valence-electron chi connectivity index (χ3n) is 22.1. The number of benzene rings is 9. The van der Waals surface area contributed by atoms with E-state index in [9.17, 15) is 30.0 Å². The Balaban J connectivity index is 0.000000271. The van der Waals surface area contributed by atoms with Gasteiger partial charge in [-0.15, -0.1) is 0 Å². The molecule has 0 aromatic heterocycles. The van der Waals surface area contributed by atoms with Gasteiger partial charge in [-0.25, -0.2) is 25.3 Å². The van der Waals surface area contributed by atoms with Crippen molar-refractivity contribution in [3.63, 3.8) is 0 Å². The molecule has 12 rings (SSSR count). The van der Waals surface area contributed by atoms with Gasteiger partial charge in [-0.1, -0.05) is 330 Å². The highest BCUT2D eigenvalue weighted by molar-refractivity contribution is 8.84. The number of nitrogens with zero attached hydrogens (tertiary/aromatic N) is 3. The van der Waals surface area contributed by atoms with E-state index in [-0.39, 0.29) is 17.1 Å². The fourth-order valence-electron chi connectivity index (χ4n) is 15.1. The molecule has 0 N–H and O–H groups in total. The molecule has 3 fully saturated rings. The predicted octanol–water partition coefficient (Wildman–Crippen LogP) is 32.4. The van der Waals surface area contributed by atoms with Crippen molar-refractivity contribution in [2.24, 2.45) is 35.5 Å². The van der Waals surface area contributed by atoms with E-state index in [1.165, 1.54) is 107 Å². The second kappa shape index (κ2) is 58.0. The van der Waals surface area contributed by atoms with Crippen molar-refractivity contribution in [3.8, 4) is 0 Å². The zero-order chi connectivity index (χ0) is 87.9. The highest BCUT2D eigenvalue weighted by Gasteiger charge is 2.34. The standard InChI is InChI=1S/C51H51N3OS8.C33H42O6S6.C6H12.C5H12.C4H10/c55-49(52(43-19-7-1-8-20-43)44-21-9-2-10-22-44)61-58-36-33-40-31-32-41(34-37-59-62-50(56)53(45-23-11-3-12-24-45)46-25-13-4-14-26-46)42(39-40)35-38-60-63-51(57)54(47-27-15-5-16-28-47)48-29-17-6-18-30-48;1-25-4-12-31(13-5-25)43(34,35)40-21-18-28-10-11-29(19-22-41-44(36,37)32-14-6-26(2)7-15-32)30(24-28)20-23-42-45(38,39)33-16-8-27(3)9-17-33;1-2-4-6-5-3-1;1-3-5-4-2;1-3-4-2/h1-30,40-42H,31-39H2;4-9,12-17,28-30H,10-11,18-24H2,1-3H3;1-6H2;3-5H2,1-2H3;3-4H2,1-2H3. The van der Waals surface area contributed by atoms with Crippen LogP contribution in [0.5, 0.6) is 0 Å². The summed E-state index contributed by atoms with van der Waals surface area (Å²) in [7, 11) is 2.83. The predicted molar refractivity (Wildman–Crippen MR) is 558 cm³/mol. The lowest BCUT2D eigenvalue weighted by Crippen LogP contribution is -2.27. The van der Waals surface area contributed by atoms with Crippen molar-refractivity contribution in [1.29, 1.82) is 0 Å². The summed E-state index contributed by atoms with van der Waals surface area (Å²) < 4.78 is 79.2. The molecule has 6 atom stereocenters. The van der Waals surface area contributed by atoms with Crippen LogP contribution in [0.1, 0.15) is 192 Å². The average molecular weight is 1920 g/mol. The van der Waals surface area contributed by atoms with E-state index in [2.05, 4.69) is 135 Å². The van der Waals surface area contributed by atoms with E-state index < -0.39 is 26.6 Å². The van der Waals surface area contributed by atoms with Crippen molar-refractivity contribution in [2.45, 2.75) is 211 Å². The number of hydrogen-bond donors (Lipinski definition) is 0. The molecule has 3 aliphatic carbocycles. The average Bonchev–Trinajstić information content (AvgIpc) is 0.848. The van der Waals surface area contributed by atoms with Crippen LogP contribution >= 0.6 is 122 Å². The van der Waals surface area contributed by atoms with E-state index >= 15 is 0 Å². The molecule has 1 amide bonds. The molecule has 123 heavy (non-hydrogen) atoms. The SMILES string of the molecule is C1CCCCC1.CCCC.CCCCC.Cc1ccc(S(=O)(=O)SCCC2CCC(CCSS(=O)(=O)c3ccc(C)cc3)C(CCSS(=O)(=O)c3ccc(C)cc3)C2)cc1.O=C(SSCCC1CCC(CCSSC(=S)N(c2ccccc2)c2ccccc2)C(CCSSC(=S)N(c2ccccc2)c2ccccc2)C1)N(c1ccccc1)c1ccccc1. The van der Waals surface area contributed by atoms with Gasteiger partial charge in [0.25, 0.3) is 0 Å². The summed E-state index contributed by atoms with van der Waals surface area (Å²) in [6.07, 6.45) is 27.8. The van der Waals surface area contributed by atoms with Crippen molar-refractivity contribution in [1.82, 2.24) is 0 Å². The van der Waals surface area contributed by atoms with Gasteiger partial charge in [-0.05, 0) is 284 Å². The third-order valence-corrected chi connectivity index (χ3v) is 40.8. The fraction of sp³-hybridized carbons (Fsp3) is 0.424. The van der Waals surface area contributed by atoms with Crippen LogP contribution in [0.15, 0.2) is 269 Å². The number of carbonyl (C=O) groups is 1. The van der Waals surface area contributed by atoms with Crippen molar-refractivity contribution < 1.29 is 30.0 Å². The summed E-state index contributed by atoms with van der Waals surface area (Å²) in [6.45, 7) is 14.6. The Morgan fingerprint density at radius 3 is 0.854 bits per heavy atom. The summed E-state index contributed by atoms with van der Waals surface area (Å²) in [6, 6.07) is 82.3. The number of carbonyl (C=O) groups excluding carboxylic acids is 1. The van der Waals surface area contributed by atoms with Crippen LogP contribution in [0.3, 0.4) is 0 Å². The van der Waals surface area contributed by atoms with Crippen LogP contribution in [-0.2, 0) is 26.6 Å². The topological polar surface area (TPSA) is 129 Å². The Morgan fingerprint density at radius 2 is 0.561 bits per heavy atom. The number of amides is 1. The molecule has 10 nitrogen and oxygen atoms in total. The molecule has 9 aromatic rings. The summed E-state index contributed by atoms with van der Waals surface area (Å²) in [4.78, 5) is 20.8. The van der Waals surface area contributed by atoms with E-state index in [1.807, 2.05) is 132 Å². The van der Waals surface area contributed by atoms with Crippen LogP contribution in [0, 0.1) is 56.3 Å². The number of anilines is 6. The minimum absolute atomic E-state index is 0.0371. The molecule has 3 aliphatic rings. The minimum Gasteiger partial charge on any atom is -0.295 e. The molecule has 0 spiro atoms. The normalized spacial score (nSPS) is 17.0. The molecular weight excluding hydrogens is 1790 g/mol. The van der Waals surface area contributed by atoms with Crippen LogP contribution in [0.4, 0.5) is 38.9 Å². The molecular formula is C99H127N3O7S14. The zero-order valence-electron chi connectivity index (χ0n) is 72.6. The lowest BCUT2D eigenvalue weighted by molar-refractivity contribution is 0.169. The van der Waals surface area contributed by atoms with Crippen LogP contribution in [0.2, 0.25) is 0 Å². The van der Waals surface area contributed by atoms with Crippen LogP contribution in [-0.4, -0.2) is 73.7 Å². The first-order valence-corrected chi connectivity index (χ1v) is 60.5. The Kier molecular flexibility index (Phi) is 48.9. The van der Waals surface area contributed by atoms with Crippen molar-refractivity contribution >= 4 is 196 Å². The smallest absolute Gasteiger partial charge is 0.295 e. The van der Waals surface area contributed by atoms with Crippen LogP contribution < -0.4 is 14.7 Å². The Morgan fingerprint density at radius 1 is 0.309 bits per heavy atom. The van der Waals surface area contributed by atoms with E-state index in [0.717, 1.165) is 154 Å². The van der Waals surface area contributed by atoms with E-state index in [1.54, 1.807) is 105 Å². The summed E-state index contributed by atoms with van der Waals surface area (Å²) >= 11 is 12.2. The number of unbranched alkanes of at least 4 members (excludes halogenated alkanes) is 3. The first-order chi connectivity index (χ1) is 59.6. The molecule has 664 valence electrons. The number of rotatable bonds is 36. The van der Waals surface area contributed by atoms with E-state index in [4.69, 9.17) is 24.4 Å². The number of aryl methyl sites for hydroxylation is 3. The molecule has 0 aliphatic heterocycles. The number of hydrogen-bond acceptors (Lipinski definition) is 18. The molecule has 0 radical (unpaired) electrons. The largest absolute Gasteiger partial charge is 0.301 e. The van der Waals surface area contributed by atoms with Gasteiger partial charge in [-0.2, -0.15) is 0 Å². The minimum atomic E-state index is -3.48. The summed E-state index contributed by atoms with van der Waals surface area (Å²) in [5, 5.41) is 0.0371. The van der Waals surface area contributed by atoms with Gasteiger partial charge in [0, 0.05) is 79.4 Å². The molecule has 0 bridgehead atoms. The fourth-order valence-corrected chi connectivity index (χ4v) is 30.9. The van der Waals surface area contributed by atoms with Crippen molar-refractivity contribution in [3.05, 3.63) is 271 Å². The number of para-hydroxylation sites is 6. The zero-order valence-corrected chi connectivity index (χ0v) is 84.1. The highest BCUT2D eigenvalue weighted by atomic mass is 33.2. The van der Waals surface area contributed by atoms with Crippen molar-refractivity contribution in [2.75, 3.05) is 49.2 Å². The molecule has 0 heterocycles. The second-order valence-corrected chi connectivity index (χ2v) is 52.0. The highest BCUT2D eigenvalue weighted by Crippen LogP contribution is 2.47. The van der Waals surface area contributed by atoms with Gasteiger partial charge in [0.2, 0.25) is 26.6 Å². The Labute approximate surface area is 785 Å². The maximum Gasteiger partial charge on any atom is 0.301 e. The Bertz CT molecular complexity index is 4670. The van der Waals surface area contributed by atoms with Gasteiger partial charge in [0.1, 0.15) is 0 Å². The first-order valence-electron chi connectivity index (χ1n) is 43.7. The number of thiocarbonyl (C=S) groups is 2. The van der Waals surface area contributed by atoms with Gasteiger partial charge in [0.05, 0.1) is 14.7 Å². The first kappa shape index (κ1) is 104. The lowest BCUT2D eigenvalue weighted by atomic mass is 9.71. The van der Waals surface area contributed by atoms with Gasteiger partial charge in [-0.3, -0.25) is 19.5 Å². The van der Waals surface area contributed by atoms with E-state index in [0.29, 0.717) is 62.0 Å². The molecule has 24 heteroatoms. The maximum absolute atomic E-state index is 13.7. The monoisotopic (exact) mass is 1920 g/mol. The van der Waals surface area contributed by atoms with Crippen LogP contribution in [0.25, 0.3) is 0 Å². The molecule has 9 aromatic carbocycles. The second-order valence-electron chi connectivity index (χ2n) is 31.4. The quantitative estimate of drug-likeness (QED) is 0.0210. The molecule has 0 saturated heterocycles. The third kappa shape index (κ3) is 37.3. The van der Waals surface area contributed by atoms with Gasteiger partial charge < -0.3 is 0 Å². The summed E-state index contributed by atoms with van der Waals surface area (Å²) in [5.41, 5.74) is 9.10. The Hall–Kier alpha value is -4.77. The maximum atomic E-state index is 13.7. The van der Waals surface area contributed by atoms with Gasteiger partial charge in [0.15, 0.2) is 8.64 Å².